The molecule has 0 atom stereocenters. The highest BCUT2D eigenvalue weighted by molar-refractivity contribution is 5.81. The van der Waals surface area contributed by atoms with Crippen molar-refractivity contribution >= 4 is 11.5 Å². The van der Waals surface area contributed by atoms with Crippen molar-refractivity contribution in [3.63, 3.8) is 0 Å². The lowest BCUT2D eigenvalue weighted by Crippen LogP contribution is -2.16. The molecule has 2 rings (SSSR count). The summed E-state index contributed by atoms with van der Waals surface area (Å²) in [6.45, 7) is 1.77. The van der Waals surface area contributed by atoms with E-state index in [2.05, 4.69) is 4.98 Å². The number of nitro benzene ring substituents is 1. The molecule has 1 aromatic heterocycles. The lowest BCUT2D eigenvalue weighted by Gasteiger charge is -2.09. The van der Waals surface area contributed by atoms with Crippen molar-refractivity contribution in [3.05, 3.63) is 55.4 Å². The predicted octanol–water partition coefficient (Wildman–Crippen LogP) is 1.84. The van der Waals surface area contributed by atoms with Gasteiger partial charge in [0.1, 0.15) is 29.1 Å². The molecule has 3 N–H and O–H groups in total. The number of hydrogen-bond donors (Lipinski definition) is 2. The second kappa shape index (κ2) is 6.00. The molecule has 0 amide bonds. The largest absolute Gasteiger partial charge is 0.384 e. The van der Waals surface area contributed by atoms with Crippen molar-refractivity contribution in [2.45, 2.75) is 13.3 Å². The van der Waals surface area contributed by atoms with Gasteiger partial charge in [0.05, 0.1) is 4.92 Å². The lowest BCUT2D eigenvalue weighted by molar-refractivity contribution is -0.385. The Morgan fingerprint density at radius 1 is 1.30 bits per heavy atom. The third-order valence-electron chi connectivity index (χ3n) is 3.42. The Morgan fingerprint density at radius 2 is 1.96 bits per heavy atom. The number of pyridine rings is 1. The lowest BCUT2D eigenvalue weighted by atomic mass is 9.94. The number of hydrogen-bond acceptors (Lipinski definition) is 6. The van der Waals surface area contributed by atoms with Gasteiger partial charge in [0.25, 0.3) is 11.2 Å². The Morgan fingerprint density at radius 3 is 2.48 bits per heavy atom. The quantitative estimate of drug-likeness (QED) is 0.652. The van der Waals surface area contributed by atoms with Crippen molar-refractivity contribution < 1.29 is 4.92 Å². The Balaban J connectivity index is 2.90. The number of rotatable bonds is 3. The summed E-state index contributed by atoms with van der Waals surface area (Å²) in [6, 6.07) is 7.86. The molecular weight excluding hydrogens is 298 g/mol. The number of aromatic amines is 1. The van der Waals surface area contributed by atoms with E-state index in [9.17, 15) is 25.4 Å². The van der Waals surface area contributed by atoms with Gasteiger partial charge in [0.15, 0.2) is 0 Å². The molecule has 1 aromatic carbocycles. The highest BCUT2D eigenvalue weighted by atomic mass is 16.6. The zero-order valence-electron chi connectivity index (χ0n) is 12.1. The summed E-state index contributed by atoms with van der Waals surface area (Å²) >= 11 is 0. The first-order valence-corrected chi connectivity index (χ1v) is 6.58. The third kappa shape index (κ3) is 2.61. The van der Waals surface area contributed by atoms with Crippen molar-refractivity contribution in [3.8, 4) is 23.3 Å². The Hall–Kier alpha value is -3.65. The summed E-state index contributed by atoms with van der Waals surface area (Å²) in [5.74, 6) is -0.186. The van der Waals surface area contributed by atoms with Gasteiger partial charge in [0, 0.05) is 17.2 Å². The molecule has 0 radical (unpaired) electrons. The number of nitro groups is 1. The van der Waals surface area contributed by atoms with E-state index in [-0.39, 0.29) is 33.8 Å². The molecule has 0 fully saturated rings. The molecular formula is C15H11N5O3. The molecule has 0 unspecified atom stereocenters. The summed E-state index contributed by atoms with van der Waals surface area (Å²) in [7, 11) is 0. The molecule has 0 saturated carbocycles. The first kappa shape index (κ1) is 15.7. The number of H-pyrrole nitrogens is 1. The summed E-state index contributed by atoms with van der Waals surface area (Å²) in [6.07, 6.45) is 0.449. The van der Waals surface area contributed by atoms with E-state index in [1.165, 1.54) is 18.2 Å². The minimum Gasteiger partial charge on any atom is -0.384 e. The highest BCUT2D eigenvalue weighted by Crippen LogP contribution is 2.32. The number of nitrogens with two attached hydrogens (primary N) is 1. The second-order valence-corrected chi connectivity index (χ2v) is 4.67. The smallest absolute Gasteiger partial charge is 0.273 e. The molecule has 8 heteroatoms. The molecule has 0 aliphatic heterocycles. The molecule has 0 aliphatic rings. The van der Waals surface area contributed by atoms with Crippen molar-refractivity contribution in [2.24, 2.45) is 0 Å². The van der Waals surface area contributed by atoms with Gasteiger partial charge in [0.2, 0.25) is 0 Å². The fourth-order valence-electron chi connectivity index (χ4n) is 2.32. The van der Waals surface area contributed by atoms with Gasteiger partial charge in [-0.1, -0.05) is 19.1 Å². The van der Waals surface area contributed by atoms with Crippen molar-refractivity contribution in [2.75, 3.05) is 5.73 Å². The second-order valence-electron chi connectivity index (χ2n) is 4.67. The van der Waals surface area contributed by atoms with Crippen LogP contribution in [0, 0.1) is 32.8 Å². The summed E-state index contributed by atoms with van der Waals surface area (Å²) in [5.41, 5.74) is 5.06. The first-order chi connectivity index (χ1) is 10.9. The number of nitrogens with one attached hydrogen (secondary N) is 1. The highest BCUT2D eigenvalue weighted by Gasteiger charge is 2.21. The Kier molecular flexibility index (Phi) is 4.10. The van der Waals surface area contributed by atoms with Gasteiger partial charge in [-0.3, -0.25) is 14.9 Å². The average Bonchev–Trinajstić information content (AvgIpc) is 2.53. The maximum atomic E-state index is 11.9. The molecule has 1 heterocycles. The van der Waals surface area contributed by atoms with E-state index in [1.807, 2.05) is 6.07 Å². The van der Waals surface area contributed by atoms with Crippen molar-refractivity contribution in [1.82, 2.24) is 4.98 Å². The fourth-order valence-corrected chi connectivity index (χ4v) is 2.32. The van der Waals surface area contributed by atoms with E-state index in [1.54, 1.807) is 13.0 Å². The fraction of sp³-hybridized carbons (Fsp3) is 0.133. The Bertz CT molecular complexity index is 947. The predicted molar refractivity (Wildman–Crippen MR) is 82.4 cm³/mol. The van der Waals surface area contributed by atoms with Gasteiger partial charge in [-0.15, -0.1) is 0 Å². The number of benzene rings is 1. The topological polar surface area (TPSA) is 150 Å². The molecule has 2 aromatic rings. The molecule has 23 heavy (non-hydrogen) atoms. The van der Waals surface area contributed by atoms with Gasteiger partial charge in [-0.05, 0) is 12.0 Å². The van der Waals surface area contributed by atoms with Crippen LogP contribution in [-0.2, 0) is 6.42 Å². The van der Waals surface area contributed by atoms with E-state index in [4.69, 9.17) is 5.73 Å². The van der Waals surface area contributed by atoms with E-state index < -0.39 is 10.5 Å². The number of nitrogen functional groups attached to an aromatic ring is 1. The monoisotopic (exact) mass is 309 g/mol. The number of aryl methyl sites for hydroxylation is 1. The summed E-state index contributed by atoms with van der Waals surface area (Å²) in [5, 5.41) is 29.6. The standard InChI is InChI=1S/C15H11N5O3/c1-2-8-3-4-9(5-12(8)20(22)23)13-10(6-16)14(18)19-15(21)11(13)7-17/h3-5H,2H2,1H3,(H3,18,19,21). The van der Waals surface area contributed by atoms with Crippen LogP contribution in [0.5, 0.6) is 0 Å². The minimum atomic E-state index is -0.749. The summed E-state index contributed by atoms with van der Waals surface area (Å²) in [4.78, 5) is 24.7. The number of anilines is 1. The first-order valence-electron chi connectivity index (χ1n) is 6.58. The van der Waals surface area contributed by atoms with Gasteiger partial charge in [-0.25, -0.2) is 0 Å². The van der Waals surface area contributed by atoms with Crippen LogP contribution in [0.2, 0.25) is 0 Å². The maximum Gasteiger partial charge on any atom is 0.273 e. The van der Waals surface area contributed by atoms with Crippen LogP contribution in [0.15, 0.2) is 23.0 Å². The summed E-state index contributed by atoms with van der Waals surface area (Å²) < 4.78 is 0. The molecule has 8 nitrogen and oxygen atoms in total. The van der Waals surface area contributed by atoms with E-state index in [0.29, 0.717) is 12.0 Å². The zero-order chi connectivity index (χ0) is 17.1. The molecule has 114 valence electrons. The van der Waals surface area contributed by atoms with E-state index in [0.717, 1.165) is 0 Å². The Labute approximate surface area is 130 Å². The third-order valence-corrected chi connectivity index (χ3v) is 3.42. The van der Waals surface area contributed by atoms with Crippen LogP contribution in [0.25, 0.3) is 11.1 Å². The van der Waals surface area contributed by atoms with Crippen molar-refractivity contribution in [1.29, 1.82) is 10.5 Å². The number of nitriles is 2. The normalized spacial score (nSPS) is 9.87. The van der Waals surface area contributed by atoms with Gasteiger partial charge in [-0.2, -0.15) is 10.5 Å². The van der Waals surface area contributed by atoms with Crippen LogP contribution in [0.1, 0.15) is 23.6 Å². The average molecular weight is 309 g/mol. The minimum absolute atomic E-state index is 0.00185. The number of nitrogens with zero attached hydrogens (tertiary/aromatic N) is 3. The molecule has 0 bridgehead atoms. The van der Waals surface area contributed by atoms with Crippen LogP contribution in [0.4, 0.5) is 11.5 Å². The molecule has 0 aliphatic carbocycles. The maximum absolute atomic E-state index is 11.9. The van der Waals surface area contributed by atoms with Crippen LogP contribution < -0.4 is 11.3 Å². The van der Waals surface area contributed by atoms with Crippen LogP contribution in [-0.4, -0.2) is 9.91 Å². The van der Waals surface area contributed by atoms with Crippen LogP contribution >= 0.6 is 0 Å². The number of aromatic nitrogens is 1. The van der Waals surface area contributed by atoms with Gasteiger partial charge >= 0.3 is 0 Å². The zero-order valence-corrected chi connectivity index (χ0v) is 12.1. The van der Waals surface area contributed by atoms with E-state index >= 15 is 0 Å². The van der Waals surface area contributed by atoms with Gasteiger partial charge < -0.3 is 10.7 Å². The van der Waals surface area contributed by atoms with Crippen LogP contribution in [0.3, 0.4) is 0 Å². The SMILES string of the molecule is CCc1ccc(-c2c(C#N)c(N)[nH]c(=O)c2C#N)cc1[N+](=O)[O-]. The molecule has 0 spiro atoms. The molecule has 0 saturated heterocycles.